The van der Waals surface area contributed by atoms with Gasteiger partial charge in [-0.05, 0) is 50.9 Å². The monoisotopic (exact) mass is 412 g/mol. The van der Waals surface area contributed by atoms with E-state index in [4.69, 9.17) is 29.1 Å². The zero-order chi connectivity index (χ0) is 20.5. The third-order valence-electron chi connectivity index (χ3n) is 7.93. The van der Waals surface area contributed by atoms with E-state index in [9.17, 15) is 0 Å². The van der Waals surface area contributed by atoms with Crippen LogP contribution in [-0.4, -0.2) is 42.3 Å². The summed E-state index contributed by atoms with van der Waals surface area (Å²) in [5, 5.41) is 8.85. The first-order chi connectivity index (χ1) is 14.0. The molecule has 5 rings (SSSR count). The summed E-state index contributed by atoms with van der Waals surface area (Å²) in [7, 11) is 0. The molecule has 1 spiro atoms. The average Bonchev–Trinajstić information content (AvgIpc) is 2.93. The largest absolute Gasteiger partial charge is 0.396 e. The molecule has 5 aliphatic rings. The number of rotatable bonds is 9. The Balaban J connectivity index is 1.36. The van der Waals surface area contributed by atoms with Gasteiger partial charge in [0.1, 0.15) is 0 Å². The Hall–Kier alpha value is -0.240. The first-order valence-electron chi connectivity index (χ1n) is 11.9. The summed E-state index contributed by atoms with van der Waals surface area (Å²) in [5.41, 5.74) is -0.500. The normalized spacial score (nSPS) is 46.3. The van der Waals surface area contributed by atoms with Crippen molar-refractivity contribution >= 4 is 0 Å². The van der Waals surface area contributed by atoms with Crippen molar-refractivity contribution in [2.24, 2.45) is 23.7 Å². The van der Waals surface area contributed by atoms with Crippen LogP contribution in [0.1, 0.15) is 85.0 Å². The van der Waals surface area contributed by atoms with Crippen molar-refractivity contribution in [2.75, 3.05) is 13.2 Å². The first-order valence-corrected chi connectivity index (χ1v) is 11.9. The van der Waals surface area contributed by atoms with Gasteiger partial charge in [0.25, 0.3) is 0 Å². The quantitative estimate of drug-likeness (QED) is 0.443. The van der Waals surface area contributed by atoms with Gasteiger partial charge in [0.2, 0.25) is 5.79 Å². The van der Waals surface area contributed by atoms with Crippen molar-refractivity contribution in [3.05, 3.63) is 0 Å². The smallest absolute Gasteiger partial charge is 0.201 e. The minimum Gasteiger partial charge on any atom is -0.396 e. The van der Waals surface area contributed by atoms with Crippen molar-refractivity contribution in [1.82, 2.24) is 0 Å². The molecule has 0 amide bonds. The topological polar surface area (TPSA) is 66.4 Å². The van der Waals surface area contributed by atoms with E-state index in [1.807, 2.05) is 6.92 Å². The minimum atomic E-state index is -0.725. The number of fused-ring (bicyclic) bond motifs is 2. The first kappa shape index (κ1) is 22.0. The molecule has 0 aromatic rings. The van der Waals surface area contributed by atoms with E-state index in [1.165, 1.54) is 19.3 Å². The SMILES string of the molecule is C[C@@H]1CC[C@H]2[C@@H](C)C(OCCCCCCCCO)O[C@@H]3O[C@@]4(C)CC[C@@H]1[C@]32OO4. The van der Waals surface area contributed by atoms with Gasteiger partial charge in [-0.25, -0.2) is 9.78 Å². The van der Waals surface area contributed by atoms with Gasteiger partial charge >= 0.3 is 0 Å². The van der Waals surface area contributed by atoms with E-state index in [-0.39, 0.29) is 12.2 Å². The number of ether oxygens (including phenoxy) is 3. The van der Waals surface area contributed by atoms with Crippen molar-refractivity contribution in [2.45, 2.75) is 109 Å². The Bertz CT molecular complexity index is 543. The molecule has 1 aliphatic carbocycles. The fourth-order valence-electron chi connectivity index (χ4n) is 6.18. The van der Waals surface area contributed by atoms with Crippen molar-refractivity contribution in [3.63, 3.8) is 0 Å². The molecular formula is C23H40O6. The highest BCUT2D eigenvalue weighted by Gasteiger charge is 2.69. The maximum absolute atomic E-state index is 8.85. The van der Waals surface area contributed by atoms with E-state index < -0.39 is 17.7 Å². The van der Waals surface area contributed by atoms with Crippen molar-refractivity contribution < 1.29 is 29.1 Å². The third kappa shape index (κ3) is 4.13. The Morgan fingerprint density at radius 1 is 0.931 bits per heavy atom. The van der Waals surface area contributed by atoms with Crippen LogP contribution in [0.4, 0.5) is 0 Å². The fourth-order valence-corrected chi connectivity index (χ4v) is 6.18. The van der Waals surface area contributed by atoms with Gasteiger partial charge in [-0.1, -0.05) is 39.5 Å². The molecule has 4 saturated heterocycles. The summed E-state index contributed by atoms with van der Waals surface area (Å²) in [6.07, 6.45) is 10.2. The molecule has 4 aliphatic heterocycles. The fraction of sp³-hybridized carbons (Fsp3) is 1.00. The second-order valence-corrected chi connectivity index (χ2v) is 9.99. The van der Waals surface area contributed by atoms with Crippen LogP contribution in [0.3, 0.4) is 0 Å². The van der Waals surface area contributed by atoms with Gasteiger partial charge in [-0.2, -0.15) is 0 Å². The van der Waals surface area contributed by atoms with Crippen LogP contribution >= 0.6 is 0 Å². The molecule has 1 saturated carbocycles. The molecule has 8 atom stereocenters. The third-order valence-corrected chi connectivity index (χ3v) is 7.93. The summed E-state index contributed by atoms with van der Waals surface area (Å²) < 4.78 is 19.0. The van der Waals surface area contributed by atoms with Crippen molar-refractivity contribution in [3.8, 4) is 0 Å². The van der Waals surface area contributed by atoms with Gasteiger partial charge in [-0.15, -0.1) is 0 Å². The zero-order valence-electron chi connectivity index (χ0n) is 18.4. The lowest BCUT2D eigenvalue weighted by Gasteiger charge is -2.60. The predicted molar refractivity (Wildman–Crippen MR) is 108 cm³/mol. The minimum absolute atomic E-state index is 0.245. The lowest BCUT2D eigenvalue weighted by Crippen LogP contribution is -2.70. The highest BCUT2D eigenvalue weighted by atomic mass is 17.3. The molecule has 168 valence electrons. The van der Waals surface area contributed by atoms with Crippen molar-refractivity contribution in [1.29, 1.82) is 0 Å². The molecule has 1 unspecified atom stereocenters. The van der Waals surface area contributed by atoms with E-state index in [1.54, 1.807) is 0 Å². The maximum atomic E-state index is 8.85. The van der Waals surface area contributed by atoms with Gasteiger partial charge in [-0.3, -0.25) is 0 Å². The second kappa shape index (κ2) is 9.09. The van der Waals surface area contributed by atoms with E-state index in [2.05, 4.69) is 13.8 Å². The Morgan fingerprint density at radius 2 is 1.69 bits per heavy atom. The van der Waals surface area contributed by atoms with Crippen LogP contribution < -0.4 is 0 Å². The maximum Gasteiger partial charge on any atom is 0.201 e. The van der Waals surface area contributed by atoms with Crippen LogP contribution in [0.25, 0.3) is 0 Å². The number of unbranched alkanes of at least 4 members (excludes halogenated alkanes) is 5. The number of aliphatic hydroxyl groups excluding tert-OH is 1. The summed E-state index contributed by atoms with van der Waals surface area (Å²) in [4.78, 5) is 12.0. The van der Waals surface area contributed by atoms with Crippen LogP contribution in [0, 0.1) is 23.7 Å². The summed E-state index contributed by atoms with van der Waals surface area (Å²) in [6.45, 7) is 7.56. The van der Waals surface area contributed by atoms with Crippen LogP contribution in [0.2, 0.25) is 0 Å². The van der Waals surface area contributed by atoms with E-state index in [0.29, 0.717) is 24.4 Å². The van der Waals surface area contributed by atoms with Gasteiger partial charge < -0.3 is 19.3 Å². The summed E-state index contributed by atoms with van der Waals surface area (Å²) in [6, 6.07) is 0. The lowest BCUT2D eigenvalue weighted by atomic mass is 9.58. The number of aliphatic hydroxyl groups is 1. The molecule has 5 fully saturated rings. The van der Waals surface area contributed by atoms with Gasteiger partial charge in [0.05, 0.1) is 0 Å². The molecule has 4 heterocycles. The zero-order valence-corrected chi connectivity index (χ0v) is 18.4. The van der Waals surface area contributed by atoms with Crippen LogP contribution in [0.5, 0.6) is 0 Å². The molecule has 6 nitrogen and oxygen atoms in total. The van der Waals surface area contributed by atoms with E-state index >= 15 is 0 Å². The predicted octanol–water partition coefficient (Wildman–Crippen LogP) is 4.54. The standard InChI is InChI=1S/C23H40O6/c1-16-10-11-19-17(2)20(25-15-9-7-5-4-6-8-14-24)26-21-23(19)18(16)12-13-22(3,27-21)28-29-23/h16-21,24H,4-15H2,1-3H3/t16-,17-,18+,19+,20?,21-,22-,23-/m1/s1. The van der Waals surface area contributed by atoms with Gasteiger partial charge in [0.15, 0.2) is 18.2 Å². The Kier molecular flexibility index (Phi) is 6.89. The highest BCUT2D eigenvalue weighted by Crippen LogP contribution is 2.60. The molecule has 6 heteroatoms. The average molecular weight is 413 g/mol. The summed E-state index contributed by atoms with van der Waals surface area (Å²) >= 11 is 0. The second-order valence-electron chi connectivity index (χ2n) is 9.99. The lowest BCUT2D eigenvalue weighted by molar-refractivity contribution is -0.577. The molecule has 1 N–H and O–H groups in total. The highest BCUT2D eigenvalue weighted by molar-refractivity contribution is 5.09. The Morgan fingerprint density at radius 3 is 2.48 bits per heavy atom. The van der Waals surface area contributed by atoms with Gasteiger partial charge in [0, 0.05) is 31.5 Å². The van der Waals surface area contributed by atoms with Crippen LogP contribution in [-0.2, 0) is 24.0 Å². The molecular weight excluding hydrogens is 372 g/mol. The molecule has 2 bridgehead atoms. The molecule has 0 aromatic carbocycles. The molecule has 0 aromatic heterocycles. The number of hydrogen-bond acceptors (Lipinski definition) is 6. The molecule has 0 radical (unpaired) electrons. The molecule has 29 heavy (non-hydrogen) atoms. The number of hydrogen-bond donors (Lipinski definition) is 1. The Labute approximate surface area is 175 Å². The summed E-state index contributed by atoms with van der Waals surface area (Å²) in [5.74, 6) is 0.837. The van der Waals surface area contributed by atoms with Crippen LogP contribution in [0.15, 0.2) is 0 Å². The van der Waals surface area contributed by atoms with E-state index in [0.717, 1.165) is 51.6 Å².